The van der Waals surface area contributed by atoms with Crippen molar-refractivity contribution in [3.63, 3.8) is 0 Å². The second-order valence-electron chi connectivity index (χ2n) is 3.62. The van der Waals surface area contributed by atoms with Crippen molar-refractivity contribution >= 4 is 43.5 Å². The first-order chi connectivity index (χ1) is 8.38. The van der Waals surface area contributed by atoms with Crippen molar-refractivity contribution < 1.29 is 18.3 Å². The van der Waals surface area contributed by atoms with Crippen LogP contribution >= 0.6 is 27.7 Å². The Balaban J connectivity index is 3.07. The van der Waals surface area contributed by atoms with Gasteiger partial charge in [0.05, 0.1) is 16.2 Å². The van der Waals surface area contributed by atoms with E-state index in [2.05, 4.69) is 15.9 Å². The van der Waals surface area contributed by atoms with E-state index in [1.54, 1.807) is 11.8 Å². The number of carbonyl (C=O) groups is 1. The van der Waals surface area contributed by atoms with E-state index >= 15 is 0 Å². The fraction of sp³-hybridized carbons (Fsp3) is 0.364. The third-order valence-electron chi connectivity index (χ3n) is 2.27. The number of aromatic carboxylic acids is 1. The lowest BCUT2D eigenvalue weighted by molar-refractivity contribution is 0.0696. The molecule has 0 amide bonds. The summed E-state index contributed by atoms with van der Waals surface area (Å²) in [5.41, 5.74) is -0.0263. The lowest BCUT2D eigenvalue weighted by atomic mass is 10.2. The van der Waals surface area contributed by atoms with Gasteiger partial charge in [-0.3, -0.25) is 0 Å². The summed E-state index contributed by atoms with van der Waals surface area (Å²) < 4.78 is 24.5. The van der Waals surface area contributed by atoms with Gasteiger partial charge in [-0.2, -0.15) is 11.8 Å². The van der Waals surface area contributed by atoms with Crippen LogP contribution in [0.15, 0.2) is 27.6 Å². The molecule has 0 aliphatic carbocycles. The first kappa shape index (κ1) is 15.5. The molecule has 0 aromatic heterocycles. The van der Waals surface area contributed by atoms with Gasteiger partial charge in [0.15, 0.2) is 9.84 Å². The molecule has 0 saturated carbocycles. The van der Waals surface area contributed by atoms with Crippen molar-refractivity contribution in [3.05, 3.63) is 28.2 Å². The molecule has 0 fully saturated rings. The van der Waals surface area contributed by atoms with Gasteiger partial charge in [-0.1, -0.05) is 0 Å². The number of halogens is 1. The van der Waals surface area contributed by atoms with Crippen LogP contribution < -0.4 is 0 Å². The van der Waals surface area contributed by atoms with E-state index in [9.17, 15) is 13.2 Å². The van der Waals surface area contributed by atoms with Crippen LogP contribution in [0.2, 0.25) is 0 Å². The Bertz CT molecular complexity index is 540. The Morgan fingerprint density at radius 1 is 1.44 bits per heavy atom. The Hall–Kier alpha value is -0.530. The van der Waals surface area contributed by atoms with E-state index in [4.69, 9.17) is 5.11 Å². The van der Waals surface area contributed by atoms with Gasteiger partial charge in [-0.25, -0.2) is 13.2 Å². The number of rotatable bonds is 6. The summed E-state index contributed by atoms with van der Waals surface area (Å²) in [4.78, 5) is 10.9. The number of carboxylic acids is 1. The van der Waals surface area contributed by atoms with Crippen LogP contribution in [0.25, 0.3) is 0 Å². The third-order valence-corrected chi connectivity index (χ3v) is 5.76. The maximum Gasteiger partial charge on any atom is 0.335 e. The van der Waals surface area contributed by atoms with Crippen LogP contribution in [-0.2, 0) is 9.84 Å². The van der Waals surface area contributed by atoms with Gasteiger partial charge >= 0.3 is 5.97 Å². The topological polar surface area (TPSA) is 71.4 Å². The Morgan fingerprint density at radius 2 is 2.11 bits per heavy atom. The summed E-state index contributed by atoms with van der Waals surface area (Å²) in [6.45, 7) is 0. The monoisotopic (exact) mass is 352 g/mol. The number of carboxylic acid groups (broad SMARTS) is 1. The van der Waals surface area contributed by atoms with Crippen molar-refractivity contribution in [1.29, 1.82) is 0 Å². The van der Waals surface area contributed by atoms with Crippen LogP contribution in [-0.4, -0.2) is 37.3 Å². The second kappa shape index (κ2) is 6.58. The van der Waals surface area contributed by atoms with E-state index in [0.717, 1.165) is 5.75 Å². The van der Waals surface area contributed by atoms with Gasteiger partial charge in [-0.15, -0.1) is 0 Å². The molecule has 100 valence electrons. The summed E-state index contributed by atoms with van der Waals surface area (Å²) >= 11 is 4.73. The summed E-state index contributed by atoms with van der Waals surface area (Å²) in [6, 6.07) is 4.01. The van der Waals surface area contributed by atoms with Gasteiger partial charge in [0.1, 0.15) is 0 Å². The van der Waals surface area contributed by atoms with E-state index < -0.39 is 15.8 Å². The highest BCUT2D eigenvalue weighted by molar-refractivity contribution is 9.10. The molecule has 0 aliphatic heterocycles. The highest BCUT2D eigenvalue weighted by Gasteiger charge is 2.19. The van der Waals surface area contributed by atoms with E-state index in [-0.39, 0.29) is 16.2 Å². The molecular formula is C11H13BrO4S2. The van der Waals surface area contributed by atoms with Crippen molar-refractivity contribution in [2.24, 2.45) is 0 Å². The first-order valence-electron chi connectivity index (χ1n) is 5.13. The molecule has 0 unspecified atom stereocenters. The summed E-state index contributed by atoms with van der Waals surface area (Å²) in [5, 5.41) is 8.87. The minimum Gasteiger partial charge on any atom is -0.478 e. The largest absolute Gasteiger partial charge is 0.478 e. The first-order valence-corrected chi connectivity index (χ1v) is 8.97. The average Bonchev–Trinajstić information content (AvgIpc) is 2.29. The second-order valence-corrected chi connectivity index (χ2v) is 7.53. The molecule has 0 bridgehead atoms. The summed E-state index contributed by atoms with van der Waals surface area (Å²) in [7, 11) is -3.44. The third kappa shape index (κ3) is 4.00. The van der Waals surface area contributed by atoms with Crippen LogP contribution in [0.1, 0.15) is 16.8 Å². The molecule has 1 N–H and O–H groups in total. The lowest BCUT2D eigenvalue weighted by Gasteiger charge is -2.07. The standard InChI is InChI=1S/C11H13BrO4S2/c1-17-5-2-6-18(15,16)10-7-8(11(13)14)3-4-9(10)12/h3-4,7H,2,5-6H2,1H3,(H,13,14). The number of thioether (sulfide) groups is 1. The molecule has 7 heteroatoms. The van der Waals surface area contributed by atoms with Gasteiger partial charge < -0.3 is 5.11 Å². The minimum absolute atomic E-state index is 0.0233. The van der Waals surface area contributed by atoms with Crippen molar-refractivity contribution in [3.8, 4) is 0 Å². The van der Waals surface area contributed by atoms with Gasteiger partial charge in [0.25, 0.3) is 0 Å². The zero-order valence-electron chi connectivity index (χ0n) is 9.72. The normalized spacial score (nSPS) is 11.4. The zero-order valence-corrected chi connectivity index (χ0v) is 12.9. The summed E-state index contributed by atoms with van der Waals surface area (Å²) in [5.74, 6) is -0.353. The molecule has 1 rings (SSSR count). The fourth-order valence-corrected chi connectivity index (χ4v) is 4.40. The van der Waals surface area contributed by atoms with E-state index in [0.29, 0.717) is 10.9 Å². The Kier molecular flexibility index (Phi) is 5.68. The highest BCUT2D eigenvalue weighted by Crippen LogP contribution is 2.25. The quantitative estimate of drug-likeness (QED) is 0.796. The average molecular weight is 353 g/mol. The molecule has 0 atom stereocenters. The van der Waals surface area contributed by atoms with Crippen molar-refractivity contribution in [2.75, 3.05) is 17.8 Å². The van der Waals surface area contributed by atoms with Crippen LogP contribution in [0.3, 0.4) is 0 Å². The van der Waals surface area contributed by atoms with Crippen molar-refractivity contribution in [1.82, 2.24) is 0 Å². The lowest BCUT2D eigenvalue weighted by Crippen LogP contribution is -2.10. The molecule has 0 saturated heterocycles. The predicted molar refractivity (Wildman–Crippen MR) is 76.2 cm³/mol. The molecular weight excluding hydrogens is 340 g/mol. The Labute approximate surface area is 119 Å². The number of hydrogen-bond donors (Lipinski definition) is 1. The SMILES string of the molecule is CSCCCS(=O)(=O)c1cc(C(=O)O)ccc1Br. The van der Waals surface area contributed by atoms with Gasteiger partial charge in [0.2, 0.25) is 0 Å². The van der Waals surface area contributed by atoms with Crippen LogP contribution in [0.4, 0.5) is 0 Å². The number of hydrogen-bond acceptors (Lipinski definition) is 4. The van der Waals surface area contributed by atoms with E-state index in [1.807, 2.05) is 6.26 Å². The molecule has 1 aromatic carbocycles. The molecule has 0 aliphatic rings. The van der Waals surface area contributed by atoms with Crippen LogP contribution in [0.5, 0.6) is 0 Å². The maximum absolute atomic E-state index is 12.1. The number of sulfone groups is 1. The van der Waals surface area contributed by atoms with Gasteiger partial charge in [-0.05, 0) is 52.6 Å². The van der Waals surface area contributed by atoms with E-state index in [1.165, 1.54) is 18.2 Å². The molecule has 0 heterocycles. The smallest absolute Gasteiger partial charge is 0.335 e. The molecule has 4 nitrogen and oxygen atoms in total. The Morgan fingerprint density at radius 3 is 2.67 bits per heavy atom. The fourth-order valence-electron chi connectivity index (χ4n) is 1.38. The van der Waals surface area contributed by atoms with Gasteiger partial charge in [0, 0.05) is 4.47 Å². The molecule has 1 aromatic rings. The summed E-state index contributed by atoms with van der Waals surface area (Å²) in [6.07, 6.45) is 2.46. The predicted octanol–water partition coefficient (Wildman–Crippen LogP) is 2.67. The maximum atomic E-state index is 12.1. The highest BCUT2D eigenvalue weighted by atomic mass is 79.9. The van der Waals surface area contributed by atoms with Crippen LogP contribution in [0, 0.1) is 0 Å². The van der Waals surface area contributed by atoms with Crippen molar-refractivity contribution in [2.45, 2.75) is 11.3 Å². The molecule has 0 spiro atoms. The molecule has 18 heavy (non-hydrogen) atoms. The minimum atomic E-state index is -3.44. The number of benzene rings is 1. The molecule has 0 radical (unpaired) electrons. The zero-order chi connectivity index (χ0) is 13.8.